The minimum absolute atomic E-state index is 0.794. The monoisotopic (exact) mass is 672 g/mol. The summed E-state index contributed by atoms with van der Waals surface area (Å²) in [5.74, 6) is 0. The van der Waals surface area contributed by atoms with Gasteiger partial charge in [0.25, 0.3) is 0 Å². The second kappa shape index (κ2) is 12.9. The second-order valence-corrected chi connectivity index (χ2v) is 15.5. The van der Waals surface area contributed by atoms with Gasteiger partial charge in [-0.1, -0.05) is 146 Å². The van der Waals surface area contributed by atoms with Crippen molar-refractivity contribution in [2.24, 2.45) is 0 Å². The lowest BCUT2D eigenvalue weighted by atomic mass is 9.95. The summed E-state index contributed by atoms with van der Waals surface area (Å²) in [6.07, 6.45) is 0. The summed E-state index contributed by atoms with van der Waals surface area (Å²) in [6.45, 7) is 0. The summed E-state index contributed by atoms with van der Waals surface area (Å²) < 4.78 is 15.4. The fraction of sp³-hybridized carbons (Fsp3) is 0. The predicted octanol–water partition coefficient (Wildman–Crippen LogP) is 11.3. The van der Waals surface area contributed by atoms with Crippen molar-refractivity contribution in [1.82, 2.24) is 4.98 Å². The summed E-state index contributed by atoms with van der Waals surface area (Å²) in [5, 5.41) is 7.88. The maximum atomic E-state index is 15.4. The molecule has 0 bridgehead atoms. The molecular formula is C47H33N2OP. The lowest BCUT2D eigenvalue weighted by Crippen LogP contribution is -2.25. The Hall–Kier alpha value is -6.28. The molecule has 242 valence electrons. The van der Waals surface area contributed by atoms with Crippen LogP contribution in [0, 0.1) is 0 Å². The minimum Gasteiger partial charge on any atom is -0.311 e. The van der Waals surface area contributed by atoms with Crippen LogP contribution >= 0.6 is 7.14 Å². The summed E-state index contributed by atoms with van der Waals surface area (Å²) in [5.41, 5.74) is 6.07. The average Bonchev–Trinajstić information content (AvgIpc) is 3.21. The van der Waals surface area contributed by atoms with Crippen molar-refractivity contribution in [2.45, 2.75) is 0 Å². The molecule has 0 unspecified atom stereocenters. The molecule has 0 saturated carbocycles. The van der Waals surface area contributed by atoms with Crippen LogP contribution in [0.5, 0.6) is 0 Å². The van der Waals surface area contributed by atoms with Gasteiger partial charge in [-0.2, -0.15) is 0 Å². The molecule has 0 fully saturated rings. The molecule has 0 spiro atoms. The van der Waals surface area contributed by atoms with Crippen LogP contribution in [-0.2, 0) is 4.57 Å². The number of pyridine rings is 1. The molecule has 1 heterocycles. The van der Waals surface area contributed by atoms with Gasteiger partial charge in [-0.05, 0) is 65.4 Å². The molecule has 8 aromatic carbocycles. The van der Waals surface area contributed by atoms with Crippen LogP contribution in [0.4, 0.5) is 17.1 Å². The molecule has 0 aliphatic heterocycles. The minimum atomic E-state index is -3.19. The van der Waals surface area contributed by atoms with Gasteiger partial charge >= 0.3 is 0 Å². The van der Waals surface area contributed by atoms with Gasteiger partial charge in [0.15, 0.2) is 7.14 Å². The molecule has 51 heavy (non-hydrogen) atoms. The van der Waals surface area contributed by atoms with Crippen LogP contribution in [0.25, 0.3) is 43.7 Å². The zero-order valence-electron chi connectivity index (χ0n) is 27.8. The summed E-state index contributed by atoms with van der Waals surface area (Å²) in [4.78, 5) is 7.60. The van der Waals surface area contributed by atoms with E-state index in [1.807, 2.05) is 78.9 Å². The Bertz CT molecular complexity index is 2610. The van der Waals surface area contributed by atoms with Crippen molar-refractivity contribution in [1.29, 1.82) is 0 Å². The van der Waals surface area contributed by atoms with E-state index in [1.165, 1.54) is 0 Å². The molecule has 0 N–H and O–H groups in total. The smallest absolute Gasteiger partial charge is 0.171 e. The van der Waals surface area contributed by atoms with Gasteiger partial charge < -0.3 is 9.46 Å². The van der Waals surface area contributed by atoms with Gasteiger partial charge in [-0.25, -0.2) is 4.98 Å². The van der Waals surface area contributed by atoms with Crippen LogP contribution < -0.4 is 20.8 Å². The number of anilines is 3. The van der Waals surface area contributed by atoms with Crippen LogP contribution in [-0.4, -0.2) is 4.98 Å². The Kier molecular flexibility index (Phi) is 7.76. The van der Waals surface area contributed by atoms with Gasteiger partial charge in [0, 0.05) is 54.7 Å². The number of para-hydroxylation sites is 2. The third kappa shape index (κ3) is 5.40. The van der Waals surface area contributed by atoms with Crippen LogP contribution in [0.2, 0.25) is 0 Å². The van der Waals surface area contributed by atoms with Crippen molar-refractivity contribution in [3.8, 4) is 11.3 Å². The largest absolute Gasteiger partial charge is 0.311 e. The molecule has 1 aromatic heterocycles. The third-order valence-electron chi connectivity index (χ3n) is 9.70. The molecule has 0 amide bonds. The highest BCUT2D eigenvalue weighted by Crippen LogP contribution is 2.45. The SMILES string of the molecule is O=P(c1ccccc1)(c1ccccc1)c1ccc2nc(-c3ccc(N(c4ccccc4)c4ccccc4)cc3)c3ccc4ccccc4c3c2c1. The van der Waals surface area contributed by atoms with Crippen molar-refractivity contribution in [3.63, 3.8) is 0 Å². The standard InChI is InChI=1S/C47H33N2OP/c50-51(39-20-9-3-10-21-39,40-22-11-4-12-23-40)41-30-32-45-44(33-41)46-42-24-14-13-15-34(42)27-31-43(46)47(48-45)35-25-28-38(29-26-35)49(36-16-5-1-6-17-36)37-18-7-2-8-19-37/h1-33H. The highest BCUT2D eigenvalue weighted by Gasteiger charge is 2.30. The van der Waals surface area contributed by atoms with Crippen LogP contribution in [0.3, 0.4) is 0 Å². The maximum absolute atomic E-state index is 15.4. The second-order valence-electron chi connectivity index (χ2n) is 12.7. The van der Waals surface area contributed by atoms with Crippen LogP contribution in [0.1, 0.15) is 0 Å². The van der Waals surface area contributed by atoms with Crippen molar-refractivity contribution in [3.05, 3.63) is 200 Å². The number of hydrogen-bond acceptors (Lipinski definition) is 3. The van der Waals surface area contributed by atoms with Gasteiger partial charge in [0.05, 0.1) is 11.2 Å². The van der Waals surface area contributed by atoms with Gasteiger partial charge in [0.1, 0.15) is 0 Å². The first-order chi connectivity index (χ1) is 25.2. The highest BCUT2D eigenvalue weighted by molar-refractivity contribution is 7.85. The van der Waals surface area contributed by atoms with E-state index >= 15 is 4.57 Å². The zero-order valence-corrected chi connectivity index (χ0v) is 28.7. The topological polar surface area (TPSA) is 33.2 Å². The Labute approximate surface area is 297 Å². The lowest BCUT2D eigenvalue weighted by Gasteiger charge is -2.25. The maximum Gasteiger partial charge on any atom is 0.171 e. The number of benzene rings is 8. The molecule has 4 heteroatoms. The molecule has 0 aliphatic carbocycles. The van der Waals surface area contributed by atoms with Crippen molar-refractivity contribution in [2.75, 3.05) is 4.90 Å². The normalized spacial score (nSPS) is 11.6. The van der Waals surface area contributed by atoms with E-state index in [2.05, 4.69) is 126 Å². The predicted molar refractivity (Wildman–Crippen MR) is 216 cm³/mol. The summed E-state index contributed by atoms with van der Waals surface area (Å²) in [7, 11) is -3.19. The van der Waals surface area contributed by atoms with Crippen molar-refractivity contribution < 1.29 is 4.57 Å². The first-order valence-corrected chi connectivity index (χ1v) is 18.9. The lowest BCUT2D eigenvalue weighted by molar-refractivity contribution is 0.592. The molecule has 9 aromatic rings. The van der Waals surface area contributed by atoms with E-state index in [1.54, 1.807) is 0 Å². The quantitative estimate of drug-likeness (QED) is 0.125. The van der Waals surface area contributed by atoms with Crippen LogP contribution in [0.15, 0.2) is 200 Å². The van der Waals surface area contributed by atoms with E-state index in [0.717, 1.165) is 76.7 Å². The molecule has 0 aliphatic rings. The van der Waals surface area contributed by atoms with E-state index in [9.17, 15) is 0 Å². The molecule has 0 atom stereocenters. The Morgan fingerprint density at radius 1 is 0.412 bits per heavy atom. The molecular weight excluding hydrogens is 640 g/mol. The number of hydrogen-bond donors (Lipinski definition) is 0. The van der Waals surface area contributed by atoms with Crippen molar-refractivity contribution >= 4 is 72.6 Å². The first kappa shape index (κ1) is 30.8. The first-order valence-electron chi connectivity index (χ1n) is 17.2. The number of fused-ring (bicyclic) bond motifs is 5. The summed E-state index contributed by atoms with van der Waals surface area (Å²) in [6, 6.07) is 68.4. The molecule has 0 saturated heterocycles. The number of nitrogens with zero attached hydrogens (tertiary/aromatic N) is 2. The zero-order chi connectivity index (χ0) is 34.2. The van der Waals surface area contributed by atoms with Gasteiger partial charge in [0.2, 0.25) is 0 Å². The average molecular weight is 673 g/mol. The van der Waals surface area contributed by atoms with Gasteiger partial charge in [-0.3, -0.25) is 0 Å². The summed E-state index contributed by atoms with van der Waals surface area (Å²) >= 11 is 0. The third-order valence-corrected chi connectivity index (χ3v) is 12.8. The van der Waals surface area contributed by atoms with E-state index < -0.39 is 7.14 Å². The molecule has 3 nitrogen and oxygen atoms in total. The fourth-order valence-electron chi connectivity index (χ4n) is 7.27. The molecule has 9 rings (SSSR count). The fourth-order valence-corrected chi connectivity index (χ4v) is 9.94. The van der Waals surface area contributed by atoms with E-state index in [-0.39, 0.29) is 0 Å². The van der Waals surface area contributed by atoms with Gasteiger partial charge in [-0.15, -0.1) is 0 Å². The van der Waals surface area contributed by atoms with E-state index in [0.29, 0.717) is 0 Å². The highest BCUT2D eigenvalue weighted by atomic mass is 31.2. The molecule has 0 radical (unpaired) electrons. The Morgan fingerprint density at radius 2 is 0.941 bits per heavy atom. The number of rotatable bonds is 7. The Morgan fingerprint density at radius 3 is 1.55 bits per heavy atom. The Balaban J connectivity index is 1.25. The number of aromatic nitrogens is 1. The van der Waals surface area contributed by atoms with E-state index in [4.69, 9.17) is 4.98 Å².